The third kappa shape index (κ3) is 6.99. The van der Waals surface area contributed by atoms with E-state index in [1.54, 1.807) is 13.1 Å². The van der Waals surface area contributed by atoms with Crippen molar-refractivity contribution in [2.45, 2.75) is 19.1 Å². The number of thiazole rings is 1. The van der Waals surface area contributed by atoms with E-state index in [2.05, 4.69) is 36.5 Å². The van der Waals surface area contributed by atoms with Gasteiger partial charge < -0.3 is 10.6 Å². The molecule has 144 valence electrons. The minimum atomic E-state index is -4.42. The normalized spacial score (nSPS) is 11.8. The van der Waals surface area contributed by atoms with Crippen LogP contribution in [0.25, 0.3) is 0 Å². The second-order valence-corrected chi connectivity index (χ2v) is 6.76. The maximum atomic E-state index is 13.2. The first-order valence-corrected chi connectivity index (χ1v) is 8.87. The standard InChI is InChI=1S/C15H15BrF4N4S.HI/c1-21-14(23-7-9-6-10(17)2-3-11(9)16)22-5-4-13-24-12(8-25-13)15(18,19)20;/h2-3,6,8H,4-5,7H2,1H3,(H2,21,22,23);1H. The zero-order valence-electron chi connectivity index (χ0n) is 13.5. The van der Waals surface area contributed by atoms with E-state index in [4.69, 9.17) is 0 Å². The molecule has 11 heteroatoms. The number of hydrogen-bond acceptors (Lipinski definition) is 3. The molecule has 0 fully saturated rings. The Kier molecular flexibility index (Phi) is 9.24. The Morgan fingerprint density at radius 1 is 1.31 bits per heavy atom. The molecule has 0 amide bonds. The van der Waals surface area contributed by atoms with Gasteiger partial charge in [0.05, 0.1) is 5.01 Å². The van der Waals surface area contributed by atoms with Crippen molar-refractivity contribution >= 4 is 57.2 Å². The molecule has 0 aliphatic rings. The Morgan fingerprint density at radius 3 is 2.65 bits per heavy atom. The molecule has 0 aliphatic heterocycles. The molecule has 0 spiro atoms. The molecule has 1 heterocycles. The lowest BCUT2D eigenvalue weighted by Crippen LogP contribution is -2.37. The summed E-state index contributed by atoms with van der Waals surface area (Å²) in [6.07, 6.45) is -4.08. The molecule has 0 radical (unpaired) electrons. The van der Waals surface area contributed by atoms with Gasteiger partial charge in [0.2, 0.25) is 0 Å². The summed E-state index contributed by atoms with van der Waals surface area (Å²) in [5.41, 5.74) is -0.149. The van der Waals surface area contributed by atoms with Gasteiger partial charge in [0.1, 0.15) is 5.82 Å². The SMILES string of the molecule is CN=C(NCCc1nc(C(F)(F)F)cs1)NCc1cc(F)ccc1Br.I. The van der Waals surface area contributed by atoms with E-state index in [0.717, 1.165) is 26.8 Å². The van der Waals surface area contributed by atoms with Crippen LogP contribution in [0.5, 0.6) is 0 Å². The molecule has 0 saturated heterocycles. The average molecular weight is 567 g/mol. The quantitative estimate of drug-likeness (QED) is 0.241. The van der Waals surface area contributed by atoms with Gasteiger partial charge in [0, 0.05) is 36.4 Å². The number of alkyl halides is 3. The number of aromatic nitrogens is 1. The second kappa shape index (κ2) is 10.4. The van der Waals surface area contributed by atoms with Crippen LogP contribution >= 0.6 is 51.2 Å². The highest BCUT2D eigenvalue weighted by Gasteiger charge is 2.33. The van der Waals surface area contributed by atoms with Crippen molar-refractivity contribution in [1.82, 2.24) is 15.6 Å². The van der Waals surface area contributed by atoms with Gasteiger partial charge >= 0.3 is 6.18 Å². The van der Waals surface area contributed by atoms with Crippen molar-refractivity contribution in [1.29, 1.82) is 0 Å². The van der Waals surface area contributed by atoms with Gasteiger partial charge in [-0.3, -0.25) is 4.99 Å². The Balaban J connectivity index is 0.00000338. The molecule has 1 aromatic carbocycles. The highest BCUT2D eigenvalue weighted by Crippen LogP contribution is 2.30. The Morgan fingerprint density at radius 2 is 2.04 bits per heavy atom. The number of nitrogens with zero attached hydrogens (tertiary/aromatic N) is 2. The van der Waals surface area contributed by atoms with Crippen molar-refractivity contribution in [3.8, 4) is 0 Å². The fraction of sp³-hybridized carbons (Fsp3) is 0.333. The van der Waals surface area contributed by atoms with Crippen molar-refractivity contribution < 1.29 is 17.6 Å². The van der Waals surface area contributed by atoms with E-state index in [-0.39, 0.29) is 29.8 Å². The first-order valence-electron chi connectivity index (χ1n) is 7.19. The number of aliphatic imine (C=N–C) groups is 1. The zero-order chi connectivity index (χ0) is 18.4. The van der Waals surface area contributed by atoms with E-state index in [9.17, 15) is 17.6 Å². The first-order chi connectivity index (χ1) is 11.8. The van der Waals surface area contributed by atoms with Crippen LogP contribution in [0, 0.1) is 5.82 Å². The van der Waals surface area contributed by atoms with E-state index >= 15 is 0 Å². The van der Waals surface area contributed by atoms with E-state index < -0.39 is 11.9 Å². The largest absolute Gasteiger partial charge is 0.434 e. The highest BCUT2D eigenvalue weighted by atomic mass is 127. The highest BCUT2D eigenvalue weighted by molar-refractivity contribution is 14.0. The predicted octanol–water partition coefficient (Wildman–Crippen LogP) is 4.59. The lowest BCUT2D eigenvalue weighted by Gasteiger charge is -2.12. The lowest BCUT2D eigenvalue weighted by molar-refractivity contribution is -0.140. The minimum Gasteiger partial charge on any atom is -0.356 e. The van der Waals surface area contributed by atoms with Gasteiger partial charge in [0.15, 0.2) is 11.7 Å². The third-order valence-corrected chi connectivity index (χ3v) is 4.83. The summed E-state index contributed by atoms with van der Waals surface area (Å²) >= 11 is 4.31. The molecule has 26 heavy (non-hydrogen) atoms. The van der Waals surface area contributed by atoms with Gasteiger partial charge in [-0.05, 0) is 23.8 Å². The molecule has 0 unspecified atom stereocenters. The summed E-state index contributed by atoms with van der Waals surface area (Å²) in [5.74, 6) is 0.121. The summed E-state index contributed by atoms with van der Waals surface area (Å²) in [7, 11) is 1.57. The summed E-state index contributed by atoms with van der Waals surface area (Å²) in [6.45, 7) is 0.711. The summed E-state index contributed by atoms with van der Waals surface area (Å²) in [4.78, 5) is 7.58. The first kappa shape index (κ1) is 23.1. The Labute approximate surface area is 177 Å². The number of guanidine groups is 1. The molecule has 2 aromatic rings. The summed E-state index contributed by atoms with van der Waals surface area (Å²) in [5, 5.41) is 7.40. The van der Waals surface area contributed by atoms with Crippen LogP contribution in [-0.2, 0) is 19.1 Å². The molecule has 2 N–H and O–H groups in total. The van der Waals surface area contributed by atoms with E-state index in [0.29, 0.717) is 30.5 Å². The summed E-state index contributed by atoms with van der Waals surface area (Å²) < 4.78 is 51.5. The molecular formula is C15H16BrF4IN4S. The maximum Gasteiger partial charge on any atom is 0.434 e. The third-order valence-electron chi connectivity index (χ3n) is 3.15. The van der Waals surface area contributed by atoms with Gasteiger partial charge in [-0.25, -0.2) is 9.37 Å². The average Bonchev–Trinajstić information content (AvgIpc) is 3.03. The molecule has 0 atom stereocenters. The molecule has 4 nitrogen and oxygen atoms in total. The topological polar surface area (TPSA) is 49.3 Å². The van der Waals surface area contributed by atoms with Crippen LogP contribution in [0.2, 0.25) is 0 Å². The maximum absolute atomic E-state index is 13.2. The molecule has 2 rings (SSSR count). The number of hydrogen-bond donors (Lipinski definition) is 2. The zero-order valence-corrected chi connectivity index (χ0v) is 18.3. The van der Waals surface area contributed by atoms with E-state index in [1.165, 1.54) is 12.1 Å². The van der Waals surface area contributed by atoms with Gasteiger partial charge in [-0.2, -0.15) is 13.2 Å². The minimum absolute atomic E-state index is 0. The van der Waals surface area contributed by atoms with Crippen molar-refractivity contribution in [2.24, 2.45) is 4.99 Å². The predicted molar refractivity (Wildman–Crippen MR) is 109 cm³/mol. The molecule has 0 saturated carbocycles. The monoisotopic (exact) mass is 566 g/mol. The smallest absolute Gasteiger partial charge is 0.356 e. The summed E-state index contributed by atoms with van der Waals surface area (Å²) in [6, 6.07) is 4.37. The number of nitrogens with one attached hydrogen (secondary N) is 2. The van der Waals surface area contributed by atoms with Crippen molar-refractivity contribution in [2.75, 3.05) is 13.6 Å². The number of halogens is 6. The lowest BCUT2D eigenvalue weighted by atomic mass is 10.2. The Hall–Kier alpha value is -0.950. The van der Waals surface area contributed by atoms with Gasteiger partial charge in [-0.1, -0.05) is 15.9 Å². The van der Waals surface area contributed by atoms with Crippen LogP contribution < -0.4 is 10.6 Å². The molecule has 0 aliphatic carbocycles. The van der Waals surface area contributed by atoms with Crippen molar-refractivity contribution in [3.63, 3.8) is 0 Å². The number of rotatable bonds is 5. The molecule has 0 bridgehead atoms. The number of benzene rings is 1. The van der Waals surface area contributed by atoms with Crippen LogP contribution in [0.4, 0.5) is 17.6 Å². The van der Waals surface area contributed by atoms with Crippen molar-refractivity contribution in [3.05, 3.63) is 50.1 Å². The van der Waals surface area contributed by atoms with Crippen LogP contribution in [0.3, 0.4) is 0 Å². The van der Waals surface area contributed by atoms with Crippen LogP contribution in [-0.4, -0.2) is 24.5 Å². The molecule has 1 aromatic heterocycles. The van der Waals surface area contributed by atoms with E-state index in [1.807, 2.05) is 0 Å². The Bertz CT molecular complexity index is 751. The van der Waals surface area contributed by atoms with Gasteiger partial charge in [-0.15, -0.1) is 35.3 Å². The van der Waals surface area contributed by atoms with Crippen LogP contribution in [0.15, 0.2) is 33.0 Å². The fourth-order valence-corrected chi connectivity index (χ4v) is 3.11. The van der Waals surface area contributed by atoms with Gasteiger partial charge in [0.25, 0.3) is 0 Å². The fourth-order valence-electron chi connectivity index (χ4n) is 1.92. The van der Waals surface area contributed by atoms with Crippen LogP contribution in [0.1, 0.15) is 16.3 Å². The second-order valence-electron chi connectivity index (χ2n) is 4.96. The molecular weight excluding hydrogens is 551 g/mol.